The number of benzene rings is 2. The number of rotatable bonds is 7. The maximum atomic E-state index is 13.0. The number of aryl methyl sites for hydroxylation is 1. The van der Waals surface area contributed by atoms with Crippen LogP contribution in [-0.4, -0.2) is 37.8 Å². The predicted molar refractivity (Wildman–Crippen MR) is 140 cm³/mol. The zero-order chi connectivity index (χ0) is 25.7. The molecule has 0 spiro atoms. The molecule has 0 fully saturated rings. The highest BCUT2D eigenvalue weighted by Gasteiger charge is 2.44. The second-order valence-electron chi connectivity index (χ2n) is 7.54. The Morgan fingerprint density at radius 3 is 2.51 bits per heavy atom. The van der Waals surface area contributed by atoms with Gasteiger partial charge in [0.1, 0.15) is 11.7 Å². The first-order valence-electron chi connectivity index (χ1n) is 10.2. The quantitative estimate of drug-likeness (QED) is 0.341. The Hall–Kier alpha value is -2.81. The molecule has 11 heteroatoms. The van der Waals surface area contributed by atoms with Crippen molar-refractivity contribution in [2.75, 3.05) is 25.3 Å². The van der Waals surface area contributed by atoms with Crippen LogP contribution in [0.3, 0.4) is 0 Å². The molecule has 182 valence electrons. The Morgan fingerprint density at radius 1 is 1.17 bits per heavy atom. The first-order chi connectivity index (χ1) is 16.7. The van der Waals surface area contributed by atoms with Gasteiger partial charge in [0.2, 0.25) is 11.8 Å². The fraction of sp³-hybridized carbons (Fsp3) is 0.250. The molecule has 2 aromatic rings. The molecule has 0 unspecified atom stereocenters. The summed E-state index contributed by atoms with van der Waals surface area (Å²) in [6.07, 6.45) is 0. The number of hydrogen-bond acceptors (Lipinski definition) is 7. The summed E-state index contributed by atoms with van der Waals surface area (Å²) in [5.41, 5.74) is 2.35. The molecule has 1 heterocycles. The van der Waals surface area contributed by atoms with Crippen LogP contribution >= 0.6 is 43.6 Å². The largest absolute Gasteiger partial charge is 0.496 e. The SMILES string of the molecule is COC(=O)[C@@H]1C(=O)NC(SCC(=O)Nc2ccc(C)cc2Br)=C(C#N)[C@H]1c1ccc(OC)c(Br)c1. The number of carbonyl (C=O) groups excluding carboxylic acids is 3. The van der Waals surface area contributed by atoms with E-state index in [1.165, 1.54) is 14.2 Å². The van der Waals surface area contributed by atoms with E-state index in [2.05, 4.69) is 48.6 Å². The molecule has 2 atom stereocenters. The minimum atomic E-state index is -1.27. The van der Waals surface area contributed by atoms with Gasteiger partial charge in [0.05, 0.1) is 46.8 Å². The number of ether oxygens (including phenoxy) is 2. The second-order valence-corrected chi connectivity index (χ2v) is 10.2. The number of anilines is 1. The highest BCUT2D eigenvalue weighted by atomic mass is 79.9. The molecule has 8 nitrogen and oxygen atoms in total. The number of methoxy groups -OCH3 is 2. The van der Waals surface area contributed by atoms with Gasteiger partial charge in [0.15, 0.2) is 0 Å². The molecule has 0 saturated heterocycles. The molecular weight excluding hydrogens is 602 g/mol. The number of hydrogen-bond donors (Lipinski definition) is 2. The summed E-state index contributed by atoms with van der Waals surface area (Å²) in [7, 11) is 2.70. The summed E-state index contributed by atoms with van der Waals surface area (Å²) >= 11 is 7.84. The average Bonchev–Trinajstić information content (AvgIpc) is 2.83. The first-order valence-corrected chi connectivity index (χ1v) is 12.8. The lowest BCUT2D eigenvalue weighted by atomic mass is 9.78. The van der Waals surface area contributed by atoms with Crippen molar-refractivity contribution in [1.29, 1.82) is 5.26 Å². The number of halogens is 2. The molecule has 0 aromatic heterocycles. The molecule has 0 bridgehead atoms. The van der Waals surface area contributed by atoms with E-state index in [1.54, 1.807) is 24.3 Å². The molecule has 1 aliphatic heterocycles. The minimum Gasteiger partial charge on any atom is -0.496 e. The van der Waals surface area contributed by atoms with Crippen molar-refractivity contribution in [1.82, 2.24) is 5.32 Å². The van der Waals surface area contributed by atoms with Crippen LogP contribution in [-0.2, 0) is 19.1 Å². The summed E-state index contributed by atoms with van der Waals surface area (Å²) in [4.78, 5) is 38.1. The monoisotopic (exact) mass is 621 g/mol. The molecule has 2 N–H and O–H groups in total. The third kappa shape index (κ3) is 6.07. The van der Waals surface area contributed by atoms with Crippen LogP contribution in [0, 0.1) is 24.2 Å². The van der Waals surface area contributed by atoms with Crippen LogP contribution in [0.4, 0.5) is 5.69 Å². The summed E-state index contributed by atoms with van der Waals surface area (Å²) in [5.74, 6) is -3.38. The normalized spacial score (nSPS) is 17.3. The lowest BCUT2D eigenvalue weighted by Crippen LogP contribution is -2.44. The Bertz CT molecular complexity index is 1260. The fourth-order valence-electron chi connectivity index (χ4n) is 3.60. The van der Waals surface area contributed by atoms with Gasteiger partial charge in [-0.1, -0.05) is 23.9 Å². The number of esters is 1. The minimum absolute atomic E-state index is 0.0664. The lowest BCUT2D eigenvalue weighted by molar-refractivity contribution is -0.150. The highest BCUT2D eigenvalue weighted by molar-refractivity contribution is 9.11. The van der Waals surface area contributed by atoms with Gasteiger partial charge in [-0.25, -0.2) is 0 Å². The van der Waals surface area contributed by atoms with Gasteiger partial charge < -0.3 is 20.1 Å². The van der Waals surface area contributed by atoms with Crippen molar-refractivity contribution in [3.63, 3.8) is 0 Å². The maximum Gasteiger partial charge on any atom is 0.319 e. The van der Waals surface area contributed by atoms with E-state index in [1.807, 2.05) is 19.1 Å². The van der Waals surface area contributed by atoms with Crippen LogP contribution in [0.1, 0.15) is 17.0 Å². The fourth-order valence-corrected chi connectivity index (χ4v) is 5.60. The van der Waals surface area contributed by atoms with E-state index in [9.17, 15) is 19.6 Å². The first kappa shape index (κ1) is 26.8. The highest BCUT2D eigenvalue weighted by Crippen LogP contribution is 2.42. The average molecular weight is 623 g/mol. The van der Waals surface area contributed by atoms with Crippen LogP contribution in [0.25, 0.3) is 0 Å². The van der Waals surface area contributed by atoms with E-state index in [0.717, 1.165) is 21.8 Å². The van der Waals surface area contributed by atoms with Crippen LogP contribution in [0.15, 0.2) is 55.9 Å². The predicted octanol–water partition coefficient (Wildman–Crippen LogP) is 4.64. The van der Waals surface area contributed by atoms with Crippen LogP contribution < -0.4 is 15.4 Å². The van der Waals surface area contributed by atoms with E-state index >= 15 is 0 Å². The molecular formula is C24H21Br2N3O5S. The van der Waals surface area contributed by atoms with E-state index in [0.29, 0.717) is 21.5 Å². The number of nitrogens with zero attached hydrogens (tertiary/aromatic N) is 1. The number of thioether (sulfide) groups is 1. The summed E-state index contributed by atoms with van der Waals surface area (Å²) in [6.45, 7) is 1.94. The lowest BCUT2D eigenvalue weighted by Gasteiger charge is -2.31. The molecule has 1 aliphatic rings. The number of nitriles is 1. The van der Waals surface area contributed by atoms with Gasteiger partial charge in [0.25, 0.3) is 0 Å². The van der Waals surface area contributed by atoms with E-state index in [-0.39, 0.29) is 22.3 Å². The molecule has 0 radical (unpaired) electrons. The van der Waals surface area contributed by atoms with Crippen LogP contribution in [0.2, 0.25) is 0 Å². The Balaban J connectivity index is 1.92. The van der Waals surface area contributed by atoms with Crippen molar-refractivity contribution < 1.29 is 23.9 Å². The van der Waals surface area contributed by atoms with Gasteiger partial charge in [-0.05, 0) is 74.2 Å². The van der Waals surface area contributed by atoms with Crippen LogP contribution in [0.5, 0.6) is 5.75 Å². The topological polar surface area (TPSA) is 118 Å². The second kappa shape index (κ2) is 11.7. The summed E-state index contributed by atoms with van der Waals surface area (Å²) in [6, 6.07) is 12.7. The van der Waals surface area contributed by atoms with Crippen molar-refractivity contribution in [2.45, 2.75) is 12.8 Å². The molecule has 2 amide bonds. The van der Waals surface area contributed by atoms with E-state index < -0.39 is 23.7 Å². The third-order valence-corrected chi connectivity index (χ3v) is 7.56. The van der Waals surface area contributed by atoms with Crippen molar-refractivity contribution in [2.24, 2.45) is 5.92 Å². The number of nitrogens with one attached hydrogen (secondary N) is 2. The zero-order valence-electron chi connectivity index (χ0n) is 19.0. The number of allylic oxidation sites excluding steroid dienone is 1. The van der Waals surface area contributed by atoms with Gasteiger partial charge >= 0.3 is 5.97 Å². The number of amides is 2. The standard InChI is InChI=1S/C24H21Br2N3O5S/c1-12-4-6-17(15(25)8-12)28-19(30)11-35-23-14(10-27)20(21(22(31)29-23)24(32)34-3)13-5-7-18(33-2)16(26)9-13/h4-9,20-21H,11H2,1-3H3,(H,28,30)(H,29,31)/t20-,21+/m1/s1. The van der Waals surface area contributed by atoms with Gasteiger partial charge in [-0.15, -0.1) is 0 Å². The van der Waals surface area contributed by atoms with Gasteiger partial charge in [0, 0.05) is 10.4 Å². The Kier molecular flexibility index (Phi) is 8.99. The molecule has 2 aromatic carbocycles. The molecule has 0 saturated carbocycles. The zero-order valence-corrected chi connectivity index (χ0v) is 23.0. The summed E-state index contributed by atoms with van der Waals surface area (Å²) in [5, 5.41) is 15.6. The molecule has 3 rings (SSSR count). The van der Waals surface area contributed by atoms with Gasteiger partial charge in [-0.3, -0.25) is 14.4 Å². The van der Waals surface area contributed by atoms with Gasteiger partial charge in [-0.2, -0.15) is 5.26 Å². The van der Waals surface area contributed by atoms with Crippen molar-refractivity contribution >= 4 is 67.1 Å². The number of carbonyl (C=O) groups is 3. The summed E-state index contributed by atoms with van der Waals surface area (Å²) < 4.78 is 11.5. The Labute approximate surface area is 223 Å². The smallest absolute Gasteiger partial charge is 0.319 e. The Morgan fingerprint density at radius 2 is 1.91 bits per heavy atom. The maximum absolute atomic E-state index is 13.0. The third-order valence-electron chi connectivity index (χ3n) is 5.26. The van der Waals surface area contributed by atoms with Crippen molar-refractivity contribution in [3.8, 4) is 11.8 Å². The molecule has 35 heavy (non-hydrogen) atoms. The molecule has 0 aliphatic carbocycles. The van der Waals surface area contributed by atoms with Crippen molar-refractivity contribution in [3.05, 3.63) is 67.1 Å². The van der Waals surface area contributed by atoms with E-state index in [4.69, 9.17) is 9.47 Å².